The van der Waals surface area contributed by atoms with Crippen LogP contribution in [0, 0.1) is 0 Å². The molecule has 6 heteroatoms. The lowest BCUT2D eigenvalue weighted by molar-refractivity contribution is 0.0962. The summed E-state index contributed by atoms with van der Waals surface area (Å²) in [6, 6.07) is 6.98. The summed E-state index contributed by atoms with van der Waals surface area (Å²) < 4.78 is 0. The molecule has 0 radical (unpaired) electrons. The van der Waals surface area contributed by atoms with Crippen LogP contribution in [0.5, 0.6) is 0 Å². The molecule has 1 aromatic heterocycles. The Hall–Kier alpha value is -2.76. The number of hydrogen-bond donors (Lipinski definition) is 2. The van der Waals surface area contributed by atoms with Crippen molar-refractivity contribution in [3.05, 3.63) is 47.3 Å². The molecule has 0 unspecified atom stereocenters. The fraction of sp³-hybridized carbons (Fsp3) is 0.250. The van der Waals surface area contributed by atoms with Crippen LogP contribution in [-0.4, -0.2) is 28.7 Å². The van der Waals surface area contributed by atoms with E-state index < -0.39 is 0 Å². The Bertz CT molecular complexity index is 696. The monoisotopic (exact) mass is 298 g/mol. The Kier molecular flexibility index (Phi) is 4.83. The number of amides is 1. The molecule has 1 aromatic carbocycles. The Balaban J connectivity index is 2.20. The van der Waals surface area contributed by atoms with E-state index in [0.29, 0.717) is 29.2 Å². The summed E-state index contributed by atoms with van der Waals surface area (Å²) in [5.41, 5.74) is 2.61. The fourth-order valence-corrected chi connectivity index (χ4v) is 2.02. The van der Waals surface area contributed by atoms with Crippen molar-refractivity contribution in [3.8, 4) is 0 Å². The summed E-state index contributed by atoms with van der Waals surface area (Å²) in [5, 5.41) is 5.63. The van der Waals surface area contributed by atoms with E-state index in [1.165, 1.54) is 13.1 Å². The summed E-state index contributed by atoms with van der Waals surface area (Å²) in [5.74, 6) is 0.245. The smallest absolute Gasteiger partial charge is 0.251 e. The van der Waals surface area contributed by atoms with Crippen molar-refractivity contribution < 1.29 is 9.59 Å². The van der Waals surface area contributed by atoms with Gasteiger partial charge >= 0.3 is 0 Å². The Labute approximate surface area is 129 Å². The van der Waals surface area contributed by atoms with E-state index in [0.717, 1.165) is 5.69 Å². The number of aromatic nitrogens is 2. The minimum atomic E-state index is -0.137. The minimum Gasteiger partial charge on any atom is -0.355 e. The van der Waals surface area contributed by atoms with Gasteiger partial charge < -0.3 is 10.6 Å². The number of nitrogens with zero attached hydrogens (tertiary/aromatic N) is 2. The molecule has 22 heavy (non-hydrogen) atoms. The zero-order chi connectivity index (χ0) is 16.1. The van der Waals surface area contributed by atoms with Gasteiger partial charge in [0, 0.05) is 24.5 Å². The molecule has 2 N–H and O–H groups in total. The van der Waals surface area contributed by atoms with Gasteiger partial charge in [-0.3, -0.25) is 9.59 Å². The highest BCUT2D eigenvalue weighted by Gasteiger charge is 2.10. The molecular weight excluding hydrogens is 280 g/mol. The van der Waals surface area contributed by atoms with Gasteiger partial charge in [0.15, 0.2) is 5.78 Å². The average molecular weight is 298 g/mol. The maximum atomic E-state index is 11.5. The second-order valence-corrected chi connectivity index (χ2v) is 4.75. The highest BCUT2D eigenvalue weighted by Crippen LogP contribution is 2.16. The van der Waals surface area contributed by atoms with E-state index in [2.05, 4.69) is 20.6 Å². The largest absolute Gasteiger partial charge is 0.355 e. The summed E-state index contributed by atoms with van der Waals surface area (Å²) in [7, 11) is 1.59. The molecule has 0 fully saturated rings. The van der Waals surface area contributed by atoms with Gasteiger partial charge in [-0.25, -0.2) is 9.97 Å². The van der Waals surface area contributed by atoms with Gasteiger partial charge in [-0.05, 0) is 37.6 Å². The first-order chi connectivity index (χ1) is 10.5. The number of hydrogen-bond acceptors (Lipinski definition) is 5. The van der Waals surface area contributed by atoms with E-state index in [4.69, 9.17) is 0 Å². The molecule has 0 aliphatic carbocycles. The molecule has 0 aliphatic heterocycles. The molecule has 0 saturated heterocycles. The fourth-order valence-electron chi connectivity index (χ4n) is 2.02. The lowest BCUT2D eigenvalue weighted by Gasteiger charge is -2.09. The number of anilines is 2. The third kappa shape index (κ3) is 3.46. The molecule has 0 aliphatic rings. The van der Waals surface area contributed by atoms with Crippen molar-refractivity contribution in [2.45, 2.75) is 20.3 Å². The molecule has 0 bridgehead atoms. The van der Waals surface area contributed by atoms with Crippen molar-refractivity contribution in [1.29, 1.82) is 0 Å². The van der Waals surface area contributed by atoms with Crippen LogP contribution in [0.2, 0.25) is 0 Å². The number of Topliss-reactive ketones (excluding diaryl/α,β-unsaturated/α-hetero) is 1. The molecule has 0 spiro atoms. The summed E-state index contributed by atoms with van der Waals surface area (Å²) in [6.45, 7) is 3.44. The normalized spacial score (nSPS) is 10.1. The first-order valence-corrected chi connectivity index (χ1v) is 7.01. The van der Waals surface area contributed by atoms with Gasteiger partial charge in [0.2, 0.25) is 5.95 Å². The Morgan fingerprint density at radius 1 is 1.18 bits per heavy atom. The van der Waals surface area contributed by atoms with Crippen LogP contribution in [-0.2, 0) is 6.42 Å². The van der Waals surface area contributed by atoms with Gasteiger partial charge in [0.1, 0.15) is 0 Å². The van der Waals surface area contributed by atoms with E-state index in [9.17, 15) is 9.59 Å². The van der Waals surface area contributed by atoms with Crippen molar-refractivity contribution >= 4 is 23.3 Å². The van der Waals surface area contributed by atoms with Crippen LogP contribution in [0.15, 0.2) is 30.5 Å². The molecule has 6 nitrogen and oxygen atoms in total. The van der Waals surface area contributed by atoms with Crippen LogP contribution >= 0.6 is 0 Å². The van der Waals surface area contributed by atoms with Crippen molar-refractivity contribution in [2.24, 2.45) is 0 Å². The maximum Gasteiger partial charge on any atom is 0.251 e. The van der Waals surface area contributed by atoms with Crippen LogP contribution in [0.1, 0.15) is 40.3 Å². The zero-order valence-corrected chi connectivity index (χ0v) is 12.8. The molecule has 2 aromatic rings. The average Bonchev–Trinajstić information content (AvgIpc) is 2.54. The van der Waals surface area contributed by atoms with E-state index in [-0.39, 0.29) is 11.7 Å². The lowest BCUT2D eigenvalue weighted by Crippen LogP contribution is -2.17. The van der Waals surface area contributed by atoms with Gasteiger partial charge in [0.05, 0.1) is 11.3 Å². The number of rotatable bonds is 5. The topological polar surface area (TPSA) is 84.0 Å². The first kappa shape index (κ1) is 15.6. The third-order valence-electron chi connectivity index (χ3n) is 3.21. The number of carbonyl (C=O) groups is 2. The van der Waals surface area contributed by atoms with Gasteiger partial charge in [-0.1, -0.05) is 6.92 Å². The van der Waals surface area contributed by atoms with Crippen LogP contribution in [0.25, 0.3) is 0 Å². The Morgan fingerprint density at radius 2 is 1.86 bits per heavy atom. The molecule has 1 amide bonds. The van der Waals surface area contributed by atoms with Crippen LogP contribution in [0.4, 0.5) is 11.6 Å². The summed E-state index contributed by atoms with van der Waals surface area (Å²) in [6.07, 6.45) is 2.19. The molecule has 2 rings (SSSR count). The number of aryl methyl sites for hydroxylation is 1. The number of benzene rings is 1. The summed E-state index contributed by atoms with van der Waals surface area (Å²) >= 11 is 0. The van der Waals surface area contributed by atoms with E-state index in [1.807, 2.05) is 6.92 Å². The number of ketones is 1. The SMILES string of the molecule is CCc1nc(Nc2ccc(C(=O)NC)cc2)ncc1C(C)=O. The lowest BCUT2D eigenvalue weighted by atomic mass is 10.1. The molecule has 114 valence electrons. The van der Waals surface area contributed by atoms with Crippen molar-refractivity contribution in [1.82, 2.24) is 15.3 Å². The van der Waals surface area contributed by atoms with Crippen molar-refractivity contribution in [3.63, 3.8) is 0 Å². The standard InChI is InChI=1S/C16H18N4O2/c1-4-14-13(10(2)21)9-18-16(20-14)19-12-7-5-11(6-8-12)15(22)17-3/h5-9H,4H2,1-3H3,(H,17,22)(H,18,19,20). The second-order valence-electron chi connectivity index (χ2n) is 4.75. The van der Waals surface area contributed by atoms with Crippen molar-refractivity contribution in [2.75, 3.05) is 12.4 Å². The van der Waals surface area contributed by atoms with E-state index in [1.54, 1.807) is 31.3 Å². The molecular formula is C16H18N4O2. The maximum absolute atomic E-state index is 11.5. The summed E-state index contributed by atoms with van der Waals surface area (Å²) in [4.78, 5) is 31.5. The molecule has 0 atom stereocenters. The quantitative estimate of drug-likeness (QED) is 0.828. The highest BCUT2D eigenvalue weighted by atomic mass is 16.1. The predicted octanol–water partition coefficient (Wildman–Crippen LogP) is 2.34. The van der Waals surface area contributed by atoms with Gasteiger partial charge in [-0.2, -0.15) is 0 Å². The predicted molar refractivity (Wildman–Crippen MR) is 84.5 cm³/mol. The van der Waals surface area contributed by atoms with Gasteiger partial charge in [0.25, 0.3) is 5.91 Å². The van der Waals surface area contributed by atoms with E-state index >= 15 is 0 Å². The first-order valence-electron chi connectivity index (χ1n) is 7.01. The zero-order valence-electron chi connectivity index (χ0n) is 12.8. The minimum absolute atomic E-state index is 0.0432. The Morgan fingerprint density at radius 3 is 2.41 bits per heavy atom. The molecule has 1 heterocycles. The van der Waals surface area contributed by atoms with Gasteiger partial charge in [-0.15, -0.1) is 0 Å². The molecule has 0 saturated carbocycles. The number of carbonyl (C=O) groups excluding carboxylic acids is 2. The second kappa shape index (κ2) is 6.80. The highest BCUT2D eigenvalue weighted by molar-refractivity contribution is 5.95. The number of nitrogens with one attached hydrogen (secondary N) is 2. The van der Waals surface area contributed by atoms with Crippen LogP contribution in [0.3, 0.4) is 0 Å². The van der Waals surface area contributed by atoms with Crippen LogP contribution < -0.4 is 10.6 Å². The third-order valence-corrected chi connectivity index (χ3v) is 3.21.